The second-order valence-corrected chi connectivity index (χ2v) is 6.09. The maximum absolute atomic E-state index is 12.4. The van der Waals surface area contributed by atoms with E-state index in [1.807, 2.05) is 0 Å². The van der Waals surface area contributed by atoms with Crippen molar-refractivity contribution in [2.24, 2.45) is 11.3 Å². The molecule has 1 aliphatic rings. The fourth-order valence-corrected chi connectivity index (χ4v) is 3.11. The minimum Gasteiger partial charge on any atom is -0.354 e. The largest absolute Gasteiger partial charge is 0.354 e. The van der Waals surface area contributed by atoms with E-state index in [0.717, 1.165) is 45.3 Å². The first-order chi connectivity index (χ1) is 8.60. The Hall–Kier alpha value is -0.570. The maximum Gasteiger partial charge on any atom is 0.226 e. The number of nitrogens with one attached hydrogen (secondary N) is 2. The molecule has 3 heteroatoms. The summed E-state index contributed by atoms with van der Waals surface area (Å²) < 4.78 is 0. The topological polar surface area (TPSA) is 41.1 Å². The molecule has 0 saturated heterocycles. The molecule has 0 bridgehead atoms. The van der Waals surface area contributed by atoms with Crippen molar-refractivity contribution in [1.82, 2.24) is 10.6 Å². The van der Waals surface area contributed by atoms with E-state index in [1.165, 1.54) is 12.8 Å². The number of carbonyl (C=O) groups is 1. The van der Waals surface area contributed by atoms with Crippen molar-refractivity contribution in [2.75, 3.05) is 19.6 Å². The third-order valence-electron chi connectivity index (χ3n) is 3.86. The quantitative estimate of drug-likeness (QED) is 0.654. The molecule has 1 aliphatic carbocycles. The highest BCUT2D eigenvalue weighted by Gasteiger charge is 2.40. The van der Waals surface area contributed by atoms with Gasteiger partial charge in [0.05, 0.1) is 0 Å². The van der Waals surface area contributed by atoms with Crippen LogP contribution in [0.3, 0.4) is 0 Å². The van der Waals surface area contributed by atoms with Crippen LogP contribution < -0.4 is 10.6 Å². The summed E-state index contributed by atoms with van der Waals surface area (Å²) in [7, 11) is 0. The monoisotopic (exact) mass is 254 g/mol. The highest BCUT2D eigenvalue weighted by atomic mass is 16.2. The van der Waals surface area contributed by atoms with E-state index in [0.29, 0.717) is 11.8 Å². The van der Waals surface area contributed by atoms with Crippen molar-refractivity contribution in [3.8, 4) is 0 Å². The van der Waals surface area contributed by atoms with E-state index in [9.17, 15) is 4.79 Å². The third-order valence-corrected chi connectivity index (χ3v) is 3.86. The van der Waals surface area contributed by atoms with Crippen molar-refractivity contribution >= 4 is 5.91 Å². The molecule has 0 unspecified atom stereocenters. The second-order valence-electron chi connectivity index (χ2n) is 6.09. The molecule has 0 radical (unpaired) electrons. The summed E-state index contributed by atoms with van der Waals surface area (Å²) >= 11 is 0. The predicted octanol–water partition coefficient (Wildman–Crippen LogP) is 2.71. The molecule has 0 heterocycles. The van der Waals surface area contributed by atoms with Gasteiger partial charge >= 0.3 is 0 Å². The SMILES string of the molecule is CCCNCCNC(=O)C1(CC(C)C)CCCC1. The molecule has 106 valence electrons. The molecule has 18 heavy (non-hydrogen) atoms. The minimum absolute atomic E-state index is 0.0566. The van der Waals surface area contributed by atoms with Crippen molar-refractivity contribution in [2.45, 2.75) is 59.3 Å². The summed E-state index contributed by atoms with van der Waals surface area (Å²) in [5, 5.41) is 6.45. The van der Waals surface area contributed by atoms with E-state index in [4.69, 9.17) is 0 Å². The molecule has 1 amide bonds. The summed E-state index contributed by atoms with van der Waals surface area (Å²) in [6.45, 7) is 9.27. The van der Waals surface area contributed by atoms with Crippen LogP contribution in [0.4, 0.5) is 0 Å². The molecule has 0 aliphatic heterocycles. The van der Waals surface area contributed by atoms with Crippen LogP contribution in [0, 0.1) is 11.3 Å². The maximum atomic E-state index is 12.4. The van der Waals surface area contributed by atoms with Crippen molar-refractivity contribution in [3.63, 3.8) is 0 Å². The molecular weight excluding hydrogens is 224 g/mol. The molecule has 0 aromatic carbocycles. The lowest BCUT2D eigenvalue weighted by atomic mass is 9.77. The lowest BCUT2D eigenvalue weighted by Gasteiger charge is -2.29. The van der Waals surface area contributed by atoms with Gasteiger partial charge in [0.2, 0.25) is 5.91 Å². The van der Waals surface area contributed by atoms with E-state index in [-0.39, 0.29) is 5.41 Å². The van der Waals surface area contributed by atoms with Gasteiger partial charge in [-0.15, -0.1) is 0 Å². The van der Waals surface area contributed by atoms with Crippen LogP contribution in [-0.4, -0.2) is 25.5 Å². The minimum atomic E-state index is -0.0566. The Labute approximate surface area is 112 Å². The second kappa shape index (κ2) is 7.78. The summed E-state index contributed by atoms with van der Waals surface area (Å²) in [6, 6.07) is 0. The van der Waals surface area contributed by atoms with Gasteiger partial charge in [-0.1, -0.05) is 33.6 Å². The molecule has 0 aromatic rings. The van der Waals surface area contributed by atoms with Crippen LogP contribution in [0.5, 0.6) is 0 Å². The van der Waals surface area contributed by atoms with Gasteiger partial charge in [0.1, 0.15) is 0 Å². The first kappa shape index (κ1) is 15.5. The van der Waals surface area contributed by atoms with Crippen LogP contribution in [-0.2, 0) is 4.79 Å². The Morgan fingerprint density at radius 2 is 1.83 bits per heavy atom. The van der Waals surface area contributed by atoms with Gasteiger partial charge in [-0.3, -0.25) is 4.79 Å². The average Bonchev–Trinajstić information content (AvgIpc) is 2.77. The van der Waals surface area contributed by atoms with Gasteiger partial charge in [0.25, 0.3) is 0 Å². The van der Waals surface area contributed by atoms with E-state index >= 15 is 0 Å². The lowest BCUT2D eigenvalue weighted by molar-refractivity contribution is -0.131. The standard InChI is InChI=1S/C15H30N2O/c1-4-9-16-10-11-17-14(18)15(12-13(2)3)7-5-6-8-15/h13,16H,4-12H2,1-3H3,(H,17,18). The molecule has 1 rings (SSSR count). The Kier molecular flexibility index (Phi) is 6.69. The third kappa shape index (κ3) is 4.60. The molecule has 0 spiro atoms. The molecule has 0 aromatic heterocycles. The van der Waals surface area contributed by atoms with Gasteiger partial charge in [-0.2, -0.15) is 0 Å². The van der Waals surface area contributed by atoms with Crippen LogP contribution >= 0.6 is 0 Å². The Bertz CT molecular complexity index is 245. The van der Waals surface area contributed by atoms with Crippen LogP contribution in [0.2, 0.25) is 0 Å². The van der Waals surface area contributed by atoms with Gasteiger partial charge in [-0.05, 0) is 38.1 Å². The number of hydrogen-bond acceptors (Lipinski definition) is 2. The number of amides is 1. The van der Waals surface area contributed by atoms with Crippen LogP contribution in [0.15, 0.2) is 0 Å². The van der Waals surface area contributed by atoms with E-state index in [2.05, 4.69) is 31.4 Å². The van der Waals surface area contributed by atoms with Crippen molar-refractivity contribution < 1.29 is 4.79 Å². The fourth-order valence-electron chi connectivity index (χ4n) is 3.11. The summed E-state index contributed by atoms with van der Waals surface area (Å²) in [6.07, 6.45) is 6.79. The summed E-state index contributed by atoms with van der Waals surface area (Å²) in [5.41, 5.74) is -0.0566. The molecule has 1 fully saturated rings. The molecule has 0 atom stereocenters. The van der Waals surface area contributed by atoms with Crippen molar-refractivity contribution in [1.29, 1.82) is 0 Å². The smallest absolute Gasteiger partial charge is 0.226 e. The van der Waals surface area contributed by atoms with Gasteiger partial charge in [0, 0.05) is 18.5 Å². The van der Waals surface area contributed by atoms with Crippen LogP contribution in [0.25, 0.3) is 0 Å². The van der Waals surface area contributed by atoms with Crippen LogP contribution in [0.1, 0.15) is 59.3 Å². The molecule has 3 nitrogen and oxygen atoms in total. The Morgan fingerprint density at radius 1 is 1.17 bits per heavy atom. The fraction of sp³-hybridized carbons (Fsp3) is 0.933. The highest BCUT2D eigenvalue weighted by molar-refractivity contribution is 5.82. The Morgan fingerprint density at radius 3 is 2.39 bits per heavy atom. The van der Waals surface area contributed by atoms with Gasteiger partial charge < -0.3 is 10.6 Å². The zero-order valence-electron chi connectivity index (χ0n) is 12.3. The first-order valence-corrected chi connectivity index (χ1v) is 7.60. The average molecular weight is 254 g/mol. The zero-order chi connectivity index (χ0) is 13.4. The number of rotatable bonds is 8. The van der Waals surface area contributed by atoms with Gasteiger partial charge in [0.15, 0.2) is 0 Å². The van der Waals surface area contributed by atoms with Crippen molar-refractivity contribution in [3.05, 3.63) is 0 Å². The number of hydrogen-bond donors (Lipinski definition) is 2. The summed E-state index contributed by atoms with van der Waals surface area (Å²) in [4.78, 5) is 12.4. The molecular formula is C15H30N2O. The molecule has 2 N–H and O–H groups in total. The predicted molar refractivity (Wildman–Crippen MR) is 76.5 cm³/mol. The molecule has 1 saturated carbocycles. The summed E-state index contributed by atoms with van der Waals surface area (Å²) in [5.74, 6) is 0.902. The first-order valence-electron chi connectivity index (χ1n) is 7.60. The Balaban J connectivity index is 2.36. The number of carbonyl (C=O) groups excluding carboxylic acids is 1. The van der Waals surface area contributed by atoms with E-state index < -0.39 is 0 Å². The normalized spacial score (nSPS) is 18.2. The van der Waals surface area contributed by atoms with E-state index in [1.54, 1.807) is 0 Å². The van der Waals surface area contributed by atoms with Gasteiger partial charge in [-0.25, -0.2) is 0 Å². The highest BCUT2D eigenvalue weighted by Crippen LogP contribution is 2.43. The zero-order valence-corrected chi connectivity index (χ0v) is 12.3. The lowest BCUT2D eigenvalue weighted by Crippen LogP contribution is -2.42.